The van der Waals surface area contributed by atoms with Crippen LogP contribution in [-0.2, 0) is 14.3 Å². The van der Waals surface area contributed by atoms with Crippen LogP contribution in [0.4, 0.5) is 0 Å². The van der Waals surface area contributed by atoms with E-state index in [-0.39, 0.29) is 6.42 Å². The number of ether oxygens (including phenoxy) is 2. The zero-order chi connectivity index (χ0) is 18.8. The molecular formula is C17H26O8. The van der Waals surface area contributed by atoms with Crippen LogP contribution in [0.1, 0.15) is 26.7 Å². The summed E-state index contributed by atoms with van der Waals surface area (Å²) >= 11 is 0. The molecule has 2 rings (SSSR count). The van der Waals surface area contributed by atoms with Crippen molar-refractivity contribution in [3.05, 3.63) is 17.4 Å². The van der Waals surface area contributed by atoms with Crippen molar-refractivity contribution in [2.75, 3.05) is 6.61 Å². The van der Waals surface area contributed by atoms with Crippen molar-refractivity contribution >= 4 is 6.29 Å². The maximum atomic E-state index is 10.5. The molecule has 0 aromatic rings. The fraction of sp³-hybridized carbons (Fsp3) is 0.765. The Morgan fingerprint density at radius 3 is 2.48 bits per heavy atom. The van der Waals surface area contributed by atoms with E-state index in [0.717, 1.165) is 0 Å². The zero-order valence-electron chi connectivity index (χ0n) is 14.3. The molecule has 1 saturated carbocycles. The summed E-state index contributed by atoms with van der Waals surface area (Å²) in [6, 6.07) is 0. The first-order valence-corrected chi connectivity index (χ1v) is 8.26. The number of carbonyl (C=O) groups is 1. The number of rotatable bonds is 4. The second-order valence-corrected chi connectivity index (χ2v) is 7.16. The average Bonchev–Trinajstić information content (AvgIpc) is 2.54. The Morgan fingerprint density at radius 2 is 1.92 bits per heavy atom. The Labute approximate surface area is 146 Å². The summed E-state index contributed by atoms with van der Waals surface area (Å²) in [5.41, 5.74) is 2.89. The molecule has 5 N–H and O–H groups in total. The van der Waals surface area contributed by atoms with E-state index in [2.05, 4.69) is 5.73 Å². The monoisotopic (exact) mass is 358 g/mol. The summed E-state index contributed by atoms with van der Waals surface area (Å²) in [6.45, 7) is 3.22. The Kier molecular flexibility index (Phi) is 6.53. The number of aliphatic hydroxyl groups excluding tert-OH is 5. The Balaban J connectivity index is 2.11. The van der Waals surface area contributed by atoms with Crippen molar-refractivity contribution in [2.45, 2.75) is 69.6 Å². The Bertz CT molecular complexity index is 537. The summed E-state index contributed by atoms with van der Waals surface area (Å²) in [5.74, 6) is 0. The van der Waals surface area contributed by atoms with Gasteiger partial charge in [0, 0.05) is 18.1 Å². The molecule has 0 aromatic heterocycles. The van der Waals surface area contributed by atoms with E-state index in [9.17, 15) is 30.3 Å². The van der Waals surface area contributed by atoms with Gasteiger partial charge in [0.2, 0.25) is 0 Å². The molecule has 8 nitrogen and oxygen atoms in total. The topological polar surface area (TPSA) is 137 Å². The van der Waals surface area contributed by atoms with Gasteiger partial charge in [-0.05, 0) is 11.8 Å². The summed E-state index contributed by atoms with van der Waals surface area (Å²) in [4.78, 5) is 10.5. The summed E-state index contributed by atoms with van der Waals surface area (Å²) < 4.78 is 11.1. The highest BCUT2D eigenvalue weighted by molar-refractivity contribution is 5.64. The lowest BCUT2D eigenvalue weighted by molar-refractivity contribution is -0.315. The molecule has 1 aliphatic carbocycles. The third kappa shape index (κ3) is 4.36. The van der Waals surface area contributed by atoms with Crippen LogP contribution < -0.4 is 0 Å². The van der Waals surface area contributed by atoms with Crippen LogP contribution in [-0.4, -0.2) is 81.3 Å². The van der Waals surface area contributed by atoms with Gasteiger partial charge in [0.05, 0.1) is 18.8 Å². The van der Waals surface area contributed by atoms with Crippen molar-refractivity contribution in [1.82, 2.24) is 0 Å². The zero-order valence-corrected chi connectivity index (χ0v) is 14.3. The van der Waals surface area contributed by atoms with Crippen molar-refractivity contribution in [1.29, 1.82) is 0 Å². The SMILES string of the molecule is CC1(C)C[C@H](O[C@@H]2O[C@H](CO)[C@@H](O)[C@H](O)[C@H]2O)C[C@@H](O)C1=C=CC=O. The van der Waals surface area contributed by atoms with E-state index >= 15 is 0 Å². The number of aldehydes is 1. The van der Waals surface area contributed by atoms with Gasteiger partial charge >= 0.3 is 0 Å². The summed E-state index contributed by atoms with van der Waals surface area (Å²) in [7, 11) is 0. The van der Waals surface area contributed by atoms with Crippen LogP contribution in [0.3, 0.4) is 0 Å². The van der Waals surface area contributed by atoms with Gasteiger partial charge in [-0.25, -0.2) is 0 Å². The van der Waals surface area contributed by atoms with Crippen LogP contribution in [0.25, 0.3) is 0 Å². The second kappa shape index (κ2) is 8.07. The first-order chi connectivity index (χ1) is 11.7. The van der Waals surface area contributed by atoms with Gasteiger partial charge in [-0.1, -0.05) is 13.8 Å². The van der Waals surface area contributed by atoms with Crippen molar-refractivity contribution in [3.63, 3.8) is 0 Å². The maximum Gasteiger partial charge on any atom is 0.186 e. The molecule has 2 fully saturated rings. The van der Waals surface area contributed by atoms with Gasteiger partial charge in [-0.2, -0.15) is 0 Å². The smallest absolute Gasteiger partial charge is 0.186 e. The number of hydrogen-bond acceptors (Lipinski definition) is 8. The summed E-state index contributed by atoms with van der Waals surface area (Å²) in [6.07, 6.45) is -5.63. The van der Waals surface area contributed by atoms with Crippen LogP contribution >= 0.6 is 0 Å². The molecule has 0 spiro atoms. The molecular weight excluding hydrogens is 332 g/mol. The second-order valence-electron chi connectivity index (χ2n) is 7.16. The van der Waals surface area contributed by atoms with Gasteiger partial charge in [-0.3, -0.25) is 4.79 Å². The molecule has 0 aromatic carbocycles. The van der Waals surface area contributed by atoms with Crippen molar-refractivity contribution < 1.29 is 39.8 Å². The van der Waals surface area contributed by atoms with E-state index < -0.39 is 54.9 Å². The molecule has 1 saturated heterocycles. The molecule has 25 heavy (non-hydrogen) atoms. The van der Waals surface area contributed by atoms with E-state index in [1.54, 1.807) is 0 Å². The van der Waals surface area contributed by atoms with Gasteiger partial charge in [-0.15, -0.1) is 5.73 Å². The third-order valence-corrected chi connectivity index (χ3v) is 4.77. The fourth-order valence-electron chi connectivity index (χ4n) is 3.47. The van der Waals surface area contributed by atoms with Gasteiger partial charge in [0.25, 0.3) is 0 Å². The van der Waals surface area contributed by atoms with Gasteiger partial charge < -0.3 is 35.0 Å². The van der Waals surface area contributed by atoms with Gasteiger partial charge in [0.15, 0.2) is 12.6 Å². The highest BCUT2D eigenvalue weighted by atomic mass is 16.7. The fourth-order valence-corrected chi connectivity index (χ4v) is 3.47. The van der Waals surface area contributed by atoms with E-state index in [0.29, 0.717) is 18.3 Å². The van der Waals surface area contributed by atoms with E-state index in [4.69, 9.17) is 9.47 Å². The highest BCUT2D eigenvalue weighted by Crippen LogP contribution is 2.41. The lowest BCUT2D eigenvalue weighted by atomic mass is 9.71. The molecule has 7 atom stereocenters. The lowest BCUT2D eigenvalue weighted by Crippen LogP contribution is -2.60. The van der Waals surface area contributed by atoms with Crippen LogP contribution in [0, 0.1) is 5.41 Å². The Hall–Kier alpha value is -1.09. The predicted octanol–water partition coefficient (Wildman–Crippen LogP) is -1.37. The maximum absolute atomic E-state index is 10.5. The molecule has 0 unspecified atom stereocenters. The number of carbonyl (C=O) groups excluding carboxylic acids is 1. The average molecular weight is 358 g/mol. The first-order valence-electron chi connectivity index (χ1n) is 8.26. The predicted molar refractivity (Wildman–Crippen MR) is 85.3 cm³/mol. The molecule has 0 radical (unpaired) electrons. The lowest BCUT2D eigenvalue weighted by Gasteiger charge is -2.44. The molecule has 0 bridgehead atoms. The van der Waals surface area contributed by atoms with E-state index in [1.165, 1.54) is 6.08 Å². The largest absolute Gasteiger partial charge is 0.394 e. The molecule has 1 heterocycles. The summed E-state index contributed by atoms with van der Waals surface area (Å²) in [5, 5.41) is 49.2. The van der Waals surface area contributed by atoms with Crippen molar-refractivity contribution in [2.24, 2.45) is 5.41 Å². The molecule has 2 aliphatic rings. The highest BCUT2D eigenvalue weighted by Gasteiger charge is 2.46. The van der Waals surface area contributed by atoms with Crippen LogP contribution in [0.15, 0.2) is 17.4 Å². The van der Waals surface area contributed by atoms with Crippen LogP contribution in [0.2, 0.25) is 0 Å². The quantitative estimate of drug-likeness (QED) is 0.236. The molecule has 0 amide bonds. The van der Waals surface area contributed by atoms with Gasteiger partial charge in [0.1, 0.15) is 24.4 Å². The number of hydrogen-bond donors (Lipinski definition) is 5. The Morgan fingerprint density at radius 1 is 1.24 bits per heavy atom. The minimum atomic E-state index is -1.51. The third-order valence-electron chi connectivity index (χ3n) is 4.77. The van der Waals surface area contributed by atoms with E-state index in [1.807, 2.05) is 13.8 Å². The number of aliphatic hydroxyl groups is 5. The first kappa shape index (κ1) is 20.2. The molecule has 8 heteroatoms. The minimum Gasteiger partial charge on any atom is -0.394 e. The minimum absolute atomic E-state index is 0.202. The van der Waals surface area contributed by atoms with Crippen LogP contribution in [0.5, 0.6) is 0 Å². The molecule has 142 valence electrons. The molecule has 1 aliphatic heterocycles. The van der Waals surface area contributed by atoms with Crippen molar-refractivity contribution in [3.8, 4) is 0 Å². The normalized spacial score (nSPS) is 41.1. The standard InChI is InChI=1S/C17H26O8/c1-17(2)7-9(6-11(20)10(17)4-3-5-18)24-16-15(23)14(22)13(21)12(8-19)25-16/h3,5,9,11-16,19-23H,6-8H2,1-2H3/t4?,9-,11-,12-,13-,14+,15-,16-/m1/s1.